The molecule has 0 radical (unpaired) electrons. The summed E-state index contributed by atoms with van der Waals surface area (Å²) < 4.78 is 5.10. The van der Waals surface area contributed by atoms with E-state index in [0.29, 0.717) is 12.4 Å². The molecule has 2 rings (SSSR count). The Balaban J connectivity index is 2.23. The van der Waals surface area contributed by atoms with Gasteiger partial charge in [0.25, 0.3) is 0 Å². The minimum atomic E-state index is 0.487. The molecule has 0 spiro atoms. The molecule has 0 aliphatic carbocycles. The number of anilines is 3. The Kier molecular flexibility index (Phi) is 3.74. The zero-order valence-electron chi connectivity index (χ0n) is 10.5. The molecule has 0 aliphatic rings. The average molecular weight is 244 g/mol. The summed E-state index contributed by atoms with van der Waals surface area (Å²) in [5, 5.41) is 3.23. The van der Waals surface area contributed by atoms with E-state index >= 15 is 0 Å². The molecule has 0 unspecified atom stereocenters. The van der Waals surface area contributed by atoms with Crippen molar-refractivity contribution >= 4 is 17.3 Å². The van der Waals surface area contributed by atoms with Crippen molar-refractivity contribution in [1.29, 1.82) is 0 Å². The van der Waals surface area contributed by atoms with Crippen molar-refractivity contribution in [3.63, 3.8) is 0 Å². The zero-order valence-corrected chi connectivity index (χ0v) is 10.5. The quantitative estimate of drug-likeness (QED) is 0.863. The van der Waals surface area contributed by atoms with E-state index < -0.39 is 0 Å². The largest absolute Gasteiger partial charge is 0.383 e. The highest BCUT2D eigenvalue weighted by molar-refractivity contribution is 5.63. The zero-order chi connectivity index (χ0) is 13.0. The lowest BCUT2D eigenvalue weighted by Gasteiger charge is -2.10. The molecule has 0 bridgehead atoms. The molecular weight excluding hydrogens is 228 g/mol. The first-order chi connectivity index (χ1) is 8.70. The van der Waals surface area contributed by atoms with E-state index in [1.807, 2.05) is 31.2 Å². The maximum Gasteiger partial charge on any atom is 0.138 e. The molecule has 2 aromatic rings. The van der Waals surface area contributed by atoms with Crippen LogP contribution in [0.15, 0.2) is 30.6 Å². The Hall–Kier alpha value is -2.14. The summed E-state index contributed by atoms with van der Waals surface area (Å²) in [5.74, 6) is 1.21. The lowest BCUT2D eigenvalue weighted by Crippen LogP contribution is -2.02. The van der Waals surface area contributed by atoms with Crippen molar-refractivity contribution in [2.24, 2.45) is 0 Å². The van der Waals surface area contributed by atoms with E-state index in [0.717, 1.165) is 22.6 Å². The first-order valence-electron chi connectivity index (χ1n) is 5.62. The molecule has 5 heteroatoms. The molecule has 1 heterocycles. The predicted molar refractivity (Wildman–Crippen MR) is 71.6 cm³/mol. The van der Waals surface area contributed by atoms with E-state index in [9.17, 15) is 0 Å². The Morgan fingerprint density at radius 3 is 2.94 bits per heavy atom. The molecule has 1 aromatic carbocycles. The van der Waals surface area contributed by atoms with Crippen molar-refractivity contribution in [3.8, 4) is 0 Å². The van der Waals surface area contributed by atoms with Gasteiger partial charge in [0.15, 0.2) is 0 Å². The third-order valence-electron chi connectivity index (χ3n) is 2.62. The lowest BCUT2D eigenvalue weighted by atomic mass is 10.2. The SMILES string of the molecule is COCc1cccc(Nc2ncnc(N)c2C)c1. The molecule has 3 N–H and O–H groups in total. The van der Waals surface area contributed by atoms with Gasteiger partial charge >= 0.3 is 0 Å². The number of aromatic nitrogens is 2. The number of methoxy groups -OCH3 is 1. The van der Waals surface area contributed by atoms with Gasteiger partial charge in [-0.25, -0.2) is 9.97 Å². The van der Waals surface area contributed by atoms with Crippen LogP contribution in [0.4, 0.5) is 17.3 Å². The highest BCUT2D eigenvalue weighted by Gasteiger charge is 2.04. The maximum absolute atomic E-state index is 5.74. The number of hydrogen-bond donors (Lipinski definition) is 2. The third kappa shape index (κ3) is 2.75. The molecule has 0 atom stereocenters. The molecule has 18 heavy (non-hydrogen) atoms. The molecule has 1 aromatic heterocycles. The molecule has 0 amide bonds. The Labute approximate surface area is 106 Å². The first kappa shape index (κ1) is 12.3. The van der Waals surface area contributed by atoms with Crippen molar-refractivity contribution < 1.29 is 4.74 Å². The number of nitrogens with one attached hydrogen (secondary N) is 1. The fraction of sp³-hybridized carbons (Fsp3) is 0.231. The van der Waals surface area contributed by atoms with Crippen LogP contribution in [0.2, 0.25) is 0 Å². The van der Waals surface area contributed by atoms with Gasteiger partial charge in [0.05, 0.1) is 6.61 Å². The van der Waals surface area contributed by atoms with Gasteiger partial charge in [0.1, 0.15) is 18.0 Å². The van der Waals surface area contributed by atoms with Crippen molar-refractivity contribution in [3.05, 3.63) is 41.7 Å². The summed E-state index contributed by atoms with van der Waals surface area (Å²) in [7, 11) is 1.68. The second-order valence-corrected chi connectivity index (χ2v) is 3.99. The van der Waals surface area contributed by atoms with Crippen LogP contribution in [0, 0.1) is 6.92 Å². The number of benzene rings is 1. The van der Waals surface area contributed by atoms with Crippen LogP contribution in [0.25, 0.3) is 0 Å². The molecule has 0 saturated carbocycles. The van der Waals surface area contributed by atoms with Crippen LogP contribution in [0.5, 0.6) is 0 Å². The van der Waals surface area contributed by atoms with Gasteiger partial charge in [-0.05, 0) is 24.6 Å². The minimum Gasteiger partial charge on any atom is -0.383 e. The van der Waals surface area contributed by atoms with Crippen LogP contribution in [-0.4, -0.2) is 17.1 Å². The minimum absolute atomic E-state index is 0.487. The van der Waals surface area contributed by atoms with E-state index in [1.54, 1.807) is 7.11 Å². The number of nitrogens with zero attached hydrogens (tertiary/aromatic N) is 2. The molecule has 5 nitrogen and oxygen atoms in total. The van der Waals surface area contributed by atoms with E-state index in [2.05, 4.69) is 15.3 Å². The number of nitrogens with two attached hydrogens (primary N) is 1. The summed E-state index contributed by atoms with van der Waals surface area (Å²) >= 11 is 0. The number of hydrogen-bond acceptors (Lipinski definition) is 5. The normalized spacial score (nSPS) is 10.3. The van der Waals surface area contributed by atoms with Gasteiger partial charge in [0.2, 0.25) is 0 Å². The summed E-state index contributed by atoms with van der Waals surface area (Å²) in [6.07, 6.45) is 1.45. The Morgan fingerprint density at radius 1 is 1.33 bits per heavy atom. The van der Waals surface area contributed by atoms with Crippen LogP contribution in [0.3, 0.4) is 0 Å². The van der Waals surface area contributed by atoms with Gasteiger partial charge in [-0.15, -0.1) is 0 Å². The molecular formula is C13H16N4O. The molecule has 0 aliphatic heterocycles. The van der Waals surface area contributed by atoms with Crippen LogP contribution in [0.1, 0.15) is 11.1 Å². The van der Waals surface area contributed by atoms with Gasteiger partial charge in [-0.3, -0.25) is 0 Å². The lowest BCUT2D eigenvalue weighted by molar-refractivity contribution is 0.185. The van der Waals surface area contributed by atoms with Gasteiger partial charge in [-0.2, -0.15) is 0 Å². The topological polar surface area (TPSA) is 73.1 Å². The van der Waals surface area contributed by atoms with Crippen molar-refractivity contribution in [1.82, 2.24) is 9.97 Å². The summed E-state index contributed by atoms with van der Waals surface area (Å²) in [5.41, 5.74) is 8.63. The first-order valence-corrected chi connectivity index (χ1v) is 5.62. The fourth-order valence-corrected chi connectivity index (χ4v) is 1.63. The van der Waals surface area contributed by atoms with Gasteiger partial charge < -0.3 is 15.8 Å². The van der Waals surface area contributed by atoms with Crippen LogP contribution >= 0.6 is 0 Å². The average Bonchev–Trinajstić information content (AvgIpc) is 2.36. The number of nitrogen functional groups attached to an aromatic ring is 1. The standard InChI is InChI=1S/C13H16N4O/c1-9-12(14)15-8-16-13(9)17-11-5-3-4-10(6-11)7-18-2/h3-6,8H,7H2,1-2H3,(H3,14,15,16,17). The van der Waals surface area contributed by atoms with E-state index in [-0.39, 0.29) is 0 Å². The molecule has 0 fully saturated rings. The predicted octanol–water partition coefficient (Wildman–Crippen LogP) is 2.26. The monoisotopic (exact) mass is 244 g/mol. The van der Waals surface area contributed by atoms with Gasteiger partial charge in [0, 0.05) is 18.4 Å². The van der Waals surface area contributed by atoms with Crippen LogP contribution < -0.4 is 11.1 Å². The maximum atomic E-state index is 5.74. The fourth-order valence-electron chi connectivity index (χ4n) is 1.63. The smallest absolute Gasteiger partial charge is 0.138 e. The highest BCUT2D eigenvalue weighted by atomic mass is 16.5. The van der Waals surface area contributed by atoms with E-state index in [4.69, 9.17) is 10.5 Å². The van der Waals surface area contributed by atoms with Crippen molar-refractivity contribution in [2.45, 2.75) is 13.5 Å². The third-order valence-corrected chi connectivity index (χ3v) is 2.62. The summed E-state index contributed by atoms with van der Waals surface area (Å²) in [4.78, 5) is 8.11. The van der Waals surface area contributed by atoms with E-state index in [1.165, 1.54) is 6.33 Å². The summed E-state index contributed by atoms with van der Waals surface area (Å²) in [6, 6.07) is 7.96. The summed E-state index contributed by atoms with van der Waals surface area (Å²) in [6.45, 7) is 2.47. The molecule has 0 saturated heterocycles. The molecule has 94 valence electrons. The second-order valence-electron chi connectivity index (χ2n) is 3.99. The van der Waals surface area contributed by atoms with Gasteiger partial charge in [-0.1, -0.05) is 12.1 Å². The number of ether oxygens (including phenoxy) is 1. The van der Waals surface area contributed by atoms with Crippen LogP contribution in [-0.2, 0) is 11.3 Å². The highest BCUT2D eigenvalue weighted by Crippen LogP contribution is 2.21. The van der Waals surface area contributed by atoms with Crippen molar-refractivity contribution in [2.75, 3.05) is 18.2 Å². The second kappa shape index (κ2) is 5.46. The Morgan fingerprint density at radius 2 is 2.17 bits per heavy atom. The number of rotatable bonds is 4. The Bertz CT molecular complexity index is 542.